The number of aliphatic hydroxyl groups excluding tert-OH is 1. The minimum absolute atomic E-state index is 0.204. The van der Waals surface area contributed by atoms with E-state index in [1.807, 2.05) is 32.3 Å². The Morgan fingerprint density at radius 1 is 1.00 bits per heavy atom. The molecule has 1 N–H and O–H groups in total. The Kier molecular flexibility index (Phi) is 6.10. The summed E-state index contributed by atoms with van der Waals surface area (Å²) in [4.78, 5) is 13.6. The third kappa shape index (κ3) is 3.86. The summed E-state index contributed by atoms with van der Waals surface area (Å²) in [6.07, 6.45) is 5.41. The molecule has 5 rings (SSSR count). The largest absolute Gasteiger partial charge is 0.497 e. The lowest BCUT2D eigenvalue weighted by Gasteiger charge is -2.37. The molecule has 0 bridgehead atoms. The number of aliphatic hydroxyl groups is 1. The smallest absolute Gasteiger partial charge is 0.150 e. The Bertz CT molecular complexity index is 1470. The van der Waals surface area contributed by atoms with Gasteiger partial charge < -0.3 is 14.7 Å². The maximum absolute atomic E-state index is 15.1. The van der Waals surface area contributed by atoms with E-state index >= 15 is 4.39 Å². The van der Waals surface area contributed by atoms with Crippen molar-refractivity contribution in [3.63, 3.8) is 0 Å². The van der Waals surface area contributed by atoms with Crippen LogP contribution >= 0.6 is 0 Å². The SMILES string of the molecule is COc1ccc(C2(c3ccc(N(C)C)cc3)C=Cc3c(CO)cc4c(F)cc(C=O)cc4c3C2)cc1. The van der Waals surface area contributed by atoms with Crippen LogP contribution in [0.5, 0.6) is 5.75 Å². The van der Waals surface area contributed by atoms with Crippen molar-refractivity contribution in [1.29, 1.82) is 0 Å². The van der Waals surface area contributed by atoms with E-state index in [4.69, 9.17) is 4.74 Å². The fourth-order valence-electron chi connectivity index (χ4n) is 5.30. The molecule has 0 aliphatic heterocycles. The van der Waals surface area contributed by atoms with Gasteiger partial charge in [0.05, 0.1) is 13.7 Å². The van der Waals surface area contributed by atoms with Crippen molar-refractivity contribution in [1.82, 2.24) is 0 Å². The van der Waals surface area contributed by atoms with Crippen LogP contribution in [-0.2, 0) is 18.4 Å². The van der Waals surface area contributed by atoms with Gasteiger partial charge in [-0.25, -0.2) is 4.39 Å². The van der Waals surface area contributed by atoms with E-state index in [0.29, 0.717) is 34.6 Å². The highest BCUT2D eigenvalue weighted by Crippen LogP contribution is 2.45. The molecule has 0 aromatic heterocycles. The van der Waals surface area contributed by atoms with Crippen LogP contribution in [0, 0.1) is 5.82 Å². The van der Waals surface area contributed by atoms with Crippen molar-refractivity contribution in [2.24, 2.45) is 0 Å². The Hall–Kier alpha value is -3.96. The number of hydrogen-bond acceptors (Lipinski definition) is 4. The molecule has 1 aliphatic carbocycles. The second-order valence-electron chi connectivity index (χ2n) is 9.45. The molecule has 4 aromatic carbocycles. The molecule has 0 radical (unpaired) electrons. The van der Waals surface area contributed by atoms with Crippen LogP contribution in [0.1, 0.15) is 38.2 Å². The molecule has 0 fully saturated rings. The molecular weight excluding hydrogens is 453 g/mol. The van der Waals surface area contributed by atoms with Gasteiger partial charge in [-0.3, -0.25) is 4.79 Å². The molecule has 36 heavy (non-hydrogen) atoms. The maximum atomic E-state index is 15.1. The maximum Gasteiger partial charge on any atom is 0.150 e. The molecule has 0 saturated heterocycles. The minimum Gasteiger partial charge on any atom is -0.497 e. The first-order chi connectivity index (χ1) is 17.4. The number of carbonyl (C=O) groups is 1. The van der Waals surface area contributed by atoms with Crippen molar-refractivity contribution >= 4 is 28.8 Å². The lowest BCUT2D eigenvalue weighted by molar-refractivity contribution is 0.112. The molecule has 4 aromatic rings. The topological polar surface area (TPSA) is 49.8 Å². The molecule has 1 unspecified atom stereocenters. The van der Waals surface area contributed by atoms with E-state index in [1.54, 1.807) is 19.2 Å². The van der Waals surface area contributed by atoms with Crippen LogP contribution in [0.25, 0.3) is 16.8 Å². The summed E-state index contributed by atoms with van der Waals surface area (Å²) in [5.41, 5.74) is 5.45. The fraction of sp³-hybridized carbons (Fsp3) is 0.194. The number of nitrogens with zero attached hydrogens (tertiary/aromatic N) is 1. The van der Waals surface area contributed by atoms with Crippen molar-refractivity contribution < 1.29 is 19.0 Å². The Balaban J connectivity index is 1.79. The highest BCUT2D eigenvalue weighted by atomic mass is 19.1. The monoisotopic (exact) mass is 481 g/mol. The first kappa shape index (κ1) is 23.8. The number of rotatable bonds is 6. The van der Waals surface area contributed by atoms with Crippen molar-refractivity contribution in [3.8, 4) is 5.75 Å². The first-order valence-electron chi connectivity index (χ1n) is 11.9. The summed E-state index contributed by atoms with van der Waals surface area (Å²) in [5, 5.41) is 11.2. The van der Waals surface area contributed by atoms with Gasteiger partial charge in [-0.1, -0.05) is 36.4 Å². The van der Waals surface area contributed by atoms with Crippen molar-refractivity contribution in [2.45, 2.75) is 18.4 Å². The van der Waals surface area contributed by atoms with E-state index in [2.05, 4.69) is 47.4 Å². The average Bonchev–Trinajstić information content (AvgIpc) is 2.92. The van der Waals surface area contributed by atoms with E-state index in [1.165, 1.54) is 6.07 Å². The zero-order valence-electron chi connectivity index (χ0n) is 20.6. The Morgan fingerprint density at radius 2 is 1.67 bits per heavy atom. The highest BCUT2D eigenvalue weighted by Gasteiger charge is 2.36. The lowest BCUT2D eigenvalue weighted by Crippen LogP contribution is -2.31. The molecule has 5 heteroatoms. The fourth-order valence-corrected chi connectivity index (χ4v) is 5.30. The molecule has 0 saturated carbocycles. The molecule has 182 valence electrons. The molecular formula is C31H28FNO3. The lowest BCUT2D eigenvalue weighted by atomic mass is 9.66. The molecule has 0 amide bonds. The summed E-state index contributed by atoms with van der Waals surface area (Å²) in [7, 11) is 5.66. The third-order valence-electron chi connectivity index (χ3n) is 7.27. The van der Waals surface area contributed by atoms with Gasteiger partial charge in [0.1, 0.15) is 17.9 Å². The number of benzene rings is 4. The van der Waals surface area contributed by atoms with Crippen LogP contribution < -0.4 is 9.64 Å². The quantitative estimate of drug-likeness (QED) is 0.348. The van der Waals surface area contributed by atoms with Crippen LogP contribution in [-0.4, -0.2) is 32.6 Å². The number of methoxy groups -OCH3 is 1. The number of hydrogen-bond donors (Lipinski definition) is 1. The number of aldehydes is 1. The number of carbonyl (C=O) groups excluding carboxylic acids is 1. The van der Waals surface area contributed by atoms with Crippen LogP contribution in [0.3, 0.4) is 0 Å². The standard InChI is InChI=1S/C31H28FNO3/c1-33(2)24-8-4-22(5-9-24)31(23-6-10-25(36-3)11-7-23)13-12-26-21(19-35)16-28-27(29(26)17-31)14-20(18-34)15-30(28)32/h4-16,18,35H,17,19H2,1-3H3. The molecule has 0 spiro atoms. The zero-order valence-corrected chi connectivity index (χ0v) is 20.6. The predicted molar refractivity (Wildman–Crippen MR) is 142 cm³/mol. The molecule has 4 nitrogen and oxygen atoms in total. The summed E-state index contributed by atoms with van der Waals surface area (Å²) in [6, 6.07) is 21.1. The summed E-state index contributed by atoms with van der Waals surface area (Å²) in [6.45, 7) is -0.204. The average molecular weight is 482 g/mol. The predicted octanol–water partition coefficient (Wildman–Crippen LogP) is 5.91. The van der Waals surface area contributed by atoms with Crippen LogP contribution in [0.15, 0.2) is 72.8 Å². The van der Waals surface area contributed by atoms with E-state index in [9.17, 15) is 9.90 Å². The van der Waals surface area contributed by atoms with Gasteiger partial charge in [-0.15, -0.1) is 0 Å². The van der Waals surface area contributed by atoms with E-state index in [-0.39, 0.29) is 6.61 Å². The Morgan fingerprint density at radius 3 is 2.25 bits per heavy atom. The second-order valence-corrected chi connectivity index (χ2v) is 9.45. The van der Waals surface area contributed by atoms with E-state index in [0.717, 1.165) is 33.7 Å². The van der Waals surface area contributed by atoms with Crippen molar-refractivity contribution in [2.75, 3.05) is 26.1 Å². The molecule has 1 aliphatic rings. The van der Waals surface area contributed by atoms with Gasteiger partial charge in [-0.05, 0) is 82.1 Å². The van der Waals surface area contributed by atoms with Gasteiger partial charge in [-0.2, -0.15) is 0 Å². The molecule has 0 heterocycles. The first-order valence-corrected chi connectivity index (χ1v) is 11.9. The summed E-state index contributed by atoms with van der Waals surface area (Å²) in [5.74, 6) is 0.301. The van der Waals surface area contributed by atoms with Crippen LogP contribution in [0.2, 0.25) is 0 Å². The Labute approximate surface area is 210 Å². The number of fused-ring (bicyclic) bond motifs is 3. The number of ether oxygens (including phenoxy) is 1. The van der Waals surface area contributed by atoms with Gasteiger partial charge in [0, 0.05) is 36.1 Å². The summed E-state index contributed by atoms with van der Waals surface area (Å²) >= 11 is 0. The minimum atomic E-state index is -0.543. The summed E-state index contributed by atoms with van der Waals surface area (Å²) < 4.78 is 20.5. The van der Waals surface area contributed by atoms with Gasteiger partial charge >= 0.3 is 0 Å². The van der Waals surface area contributed by atoms with Crippen molar-refractivity contribution in [3.05, 3.63) is 112 Å². The number of halogens is 1. The second kappa shape index (κ2) is 9.25. The van der Waals surface area contributed by atoms with Gasteiger partial charge in [0.15, 0.2) is 0 Å². The number of allylic oxidation sites excluding steroid dienone is 1. The van der Waals surface area contributed by atoms with Gasteiger partial charge in [0.25, 0.3) is 0 Å². The van der Waals surface area contributed by atoms with Crippen LogP contribution in [0.4, 0.5) is 10.1 Å². The van der Waals surface area contributed by atoms with E-state index < -0.39 is 11.2 Å². The zero-order chi connectivity index (χ0) is 25.4. The molecule has 1 atom stereocenters. The normalized spacial score (nSPS) is 16.6. The highest BCUT2D eigenvalue weighted by molar-refractivity contribution is 5.95. The number of anilines is 1. The third-order valence-corrected chi connectivity index (χ3v) is 7.27. The van der Waals surface area contributed by atoms with Gasteiger partial charge in [0.2, 0.25) is 0 Å².